The molecule has 2 N–H and O–H groups in total. The molecule has 4 heteroatoms. The fourth-order valence-corrected chi connectivity index (χ4v) is 1.79. The van der Waals surface area contributed by atoms with Gasteiger partial charge in [0.2, 0.25) is 0 Å². The van der Waals surface area contributed by atoms with Crippen LogP contribution in [0.25, 0.3) is 0 Å². The lowest BCUT2D eigenvalue weighted by Gasteiger charge is -2.20. The standard InChI is InChI=1S/C13H18N2OS/c1-3-8-15(4-2)13(16)11-7-5-6-10(9-11)12(14)17/h5-7,9H,3-4,8H2,1-2H3,(H2,14,17). The maximum absolute atomic E-state index is 12.2. The average molecular weight is 250 g/mol. The lowest BCUT2D eigenvalue weighted by Crippen LogP contribution is -2.31. The van der Waals surface area contributed by atoms with Crippen LogP contribution in [-0.2, 0) is 0 Å². The third-order valence-corrected chi connectivity index (χ3v) is 2.79. The second-order valence-corrected chi connectivity index (χ2v) is 4.27. The minimum Gasteiger partial charge on any atom is -0.389 e. The molecule has 17 heavy (non-hydrogen) atoms. The van der Waals surface area contributed by atoms with E-state index >= 15 is 0 Å². The normalized spacial score (nSPS) is 10.0. The summed E-state index contributed by atoms with van der Waals surface area (Å²) in [6, 6.07) is 7.17. The van der Waals surface area contributed by atoms with Crippen molar-refractivity contribution in [3.63, 3.8) is 0 Å². The van der Waals surface area contributed by atoms with Crippen LogP contribution in [0.1, 0.15) is 36.2 Å². The van der Waals surface area contributed by atoms with Crippen molar-refractivity contribution in [3.8, 4) is 0 Å². The van der Waals surface area contributed by atoms with Gasteiger partial charge in [0.1, 0.15) is 4.99 Å². The van der Waals surface area contributed by atoms with E-state index in [4.69, 9.17) is 18.0 Å². The first-order valence-electron chi connectivity index (χ1n) is 5.79. The smallest absolute Gasteiger partial charge is 0.253 e. The Morgan fingerprint density at radius 2 is 2.00 bits per heavy atom. The summed E-state index contributed by atoms with van der Waals surface area (Å²) in [5.41, 5.74) is 6.94. The molecule has 0 unspecified atom stereocenters. The Morgan fingerprint density at radius 1 is 1.35 bits per heavy atom. The fraction of sp³-hybridized carbons (Fsp3) is 0.385. The summed E-state index contributed by atoms with van der Waals surface area (Å²) in [5, 5.41) is 0. The molecular formula is C13H18N2OS. The van der Waals surface area contributed by atoms with Crippen molar-refractivity contribution < 1.29 is 4.79 Å². The molecule has 0 fully saturated rings. The van der Waals surface area contributed by atoms with Crippen molar-refractivity contribution in [2.75, 3.05) is 13.1 Å². The molecule has 1 amide bonds. The number of thiocarbonyl (C=S) groups is 1. The van der Waals surface area contributed by atoms with Crippen LogP contribution in [0.15, 0.2) is 24.3 Å². The summed E-state index contributed by atoms with van der Waals surface area (Å²) in [6.45, 7) is 5.52. The van der Waals surface area contributed by atoms with Gasteiger partial charge >= 0.3 is 0 Å². The molecule has 1 rings (SSSR count). The summed E-state index contributed by atoms with van der Waals surface area (Å²) < 4.78 is 0. The molecule has 0 aliphatic heterocycles. The highest BCUT2D eigenvalue weighted by molar-refractivity contribution is 7.80. The molecule has 1 aromatic carbocycles. The SMILES string of the molecule is CCCN(CC)C(=O)c1cccc(C(N)=S)c1. The van der Waals surface area contributed by atoms with E-state index in [0.717, 1.165) is 18.5 Å². The topological polar surface area (TPSA) is 46.3 Å². The van der Waals surface area contributed by atoms with E-state index in [1.54, 1.807) is 12.1 Å². The number of hydrogen-bond donors (Lipinski definition) is 1. The lowest BCUT2D eigenvalue weighted by molar-refractivity contribution is 0.0764. The second kappa shape index (κ2) is 6.35. The van der Waals surface area contributed by atoms with E-state index in [-0.39, 0.29) is 5.91 Å². The Balaban J connectivity index is 2.95. The highest BCUT2D eigenvalue weighted by Gasteiger charge is 2.13. The number of carbonyl (C=O) groups is 1. The highest BCUT2D eigenvalue weighted by atomic mass is 32.1. The molecule has 0 saturated heterocycles. The Bertz CT molecular complexity index is 418. The molecule has 92 valence electrons. The molecule has 1 aromatic rings. The number of hydrogen-bond acceptors (Lipinski definition) is 2. The molecule has 0 aliphatic carbocycles. The third-order valence-electron chi connectivity index (χ3n) is 2.56. The van der Waals surface area contributed by atoms with Crippen LogP contribution in [0.4, 0.5) is 0 Å². The molecule has 0 aliphatic rings. The van der Waals surface area contributed by atoms with Crippen LogP contribution in [0.3, 0.4) is 0 Å². The van der Waals surface area contributed by atoms with Gasteiger partial charge < -0.3 is 10.6 Å². The third kappa shape index (κ3) is 3.53. The lowest BCUT2D eigenvalue weighted by atomic mass is 10.1. The maximum atomic E-state index is 12.2. The summed E-state index contributed by atoms with van der Waals surface area (Å²) >= 11 is 4.91. The molecule has 3 nitrogen and oxygen atoms in total. The van der Waals surface area contributed by atoms with Crippen LogP contribution in [-0.4, -0.2) is 28.9 Å². The van der Waals surface area contributed by atoms with Gasteiger partial charge in [-0.15, -0.1) is 0 Å². The molecule has 0 atom stereocenters. The number of nitrogens with zero attached hydrogens (tertiary/aromatic N) is 1. The molecule has 0 bridgehead atoms. The van der Waals surface area contributed by atoms with Crippen molar-refractivity contribution in [3.05, 3.63) is 35.4 Å². The van der Waals surface area contributed by atoms with Crippen molar-refractivity contribution in [1.29, 1.82) is 0 Å². The van der Waals surface area contributed by atoms with E-state index < -0.39 is 0 Å². The highest BCUT2D eigenvalue weighted by Crippen LogP contribution is 2.09. The fourth-order valence-electron chi connectivity index (χ4n) is 1.66. The van der Waals surface area contributed by atoms with E-state index in [1.165, 1.54) is 0 Å². The van der Waals surface area contributed by atoms with Crippen LogP contribution >= 0.6 is 12.2 Å². The van der Waals surface area contributed by atoms with Crippen molar-refractivity contribution in [2.24, 2.45) is 5.73 Å². The Morgan fingerprint density at radius 3 is 2.53 bits per heavy atom. The Labute approximate surface area is 108 Å². The van der Waals surface area contributed by atoms with Gasteiger partial charge in [0.05, 0.1) is 0 Å². The van der Waals surface area contributed by atoms with Gasteiger partial charge in [0.25, 0.3) is 5.91 Å². The second-order valence-electron chi connectivity index (χ2n) is 3.83. The summed E-state index contributed by atoms with van der Waals surface area (Å²) in [5.74, 6) is 0.0347. The van der Waals surface area contributed by atoms with Crippen LogP contribution in [0, 0.1) is 0 Å². The van der Waals surface area contributed by atoms with Gasteiger partial charge in [-0.05, 0) is 25.5 Å². The summed E-state index contributed by atoms with van der Waals surface area (Å²) in [6.07, 6.45) is 0.953. The first kappa shape index (κ1) is 13.6. The number of amides is 1. The zero-order valence-corrected chi connectivity index (χ0v) is 11.1. The van der Waals surface area contributed by atoms with Crippen molar-refractivity contribution in [1.82, 2.24) is 4.90 Å². The molecule has 0 spiro atoms. The molecular weight excluding hydrogens is 232 g/mol. The van der Waals surface area contributed by atoms with E-state index in [2.05, 4.69) is 6.92 Å². The number of nitrogens with two attached hydrogens (primary N) is 1. The molecule has 0 radical (unpaired) electrons. The molecule has 0 heterocycles. The Kier molecular flexibility index (Phi) is 5.10. The minimum absolute atomic E-state index is 0.0347. The van der Waals surface area contributed by atoms with Gasteiger partial charge in [0, 0.05) is 24.2 Å². The molecule has 0 saturated carbocycles. The minimum atomic E-state index is 0.0347. The largest absolute Gasteiger partial charge is 0.389 e. The van der Waals surface area contributed by atoms with Crippen molar-refractivity contribution in [2.45, 2.75) is 20.3 Å². The van der Waals surface area contributed by atoms with E-state index in [9.17, 15) is 4.79 Å². The van der Waals surface area contributed by atoms with Crippen LogP contribution < -0.4 is 5.73 Å². The monoisotopic (exact) mass is 250 g/mol. The summed E-state index contributed by atoms with van der Waals surface area (Å²) in [7, 11) is 0. The molecule has 0 aromatic heterocycles. The predicted octanol–water partition coefficient (Wildman–Crippen LogP) is 2.19. The van der Waals surface area contributed by atoms with Crippen LogP contribution in [0.2, 0.25) is 0 Å². The zero-order valence-electron chi connectivity index (χ0n) is 10.3. The van der Waals surface area contributed by atoms with Gasteiger partial charge in [0.15, 0.2) is 0 Å². The number of carbonyl (C=O) groups excluding carboxylic acids is 1. The van der Waals surface area contributed by atoms with Gasteiger partial charge in [-0.2, -0.15) is 0 Å². The van der Waals surface area contributed by atoms with E-state index in [0.29, 0.717) is 17.1 Å². The first-order valence-corrected chi connectivity index (χ1v) is 6.20. The van der Waals surface area contributed by atoms with Gasteiger partial charge in [-0.3, -0.25) is 4.79 Å². The first-order chi connectivity index (χ1) is 8.10. The zero-order chi connectivity index (χ0) is 12.8. The average Bonchev–Trinajstić information content (AvgIpc) is 2.35. The Hall–Kier alpha value is -1.42. The summed E-state index contributed by atoms with van der Waals surface area (Å²) in [4.78, 5) is 14.3. The maximum Gasteiger partial charge on any atom is 0.253 e. The number of rotatable bonds is 5. The van der Waals surface area contributed by atoms with Gasteiger partial charge in [-0.25, -0.2) is 0 Å². The number of benzene rings is 1. The van der Waals surface area contributed by atoms with Gasteiger partial charge in [-0.1, -0.05) is 31.3 Å². The predicted molar refractivity (Wildman–Crippen MR) is 74.2 cm³/mol. The van der Waals surface area contributed by atoms with Crippen molar-refractivity contribution >= 4 is 23.1 Å². The quantitative estimate of drug-likeness (QED) is 0.815. The van der Waals surface area contributed by atoms with E-state index in [1.807, 2.05) is 24.0 Å². The van der Waals surface area contributed by atoms with Crippen LogP contribution in [0.5, 0.6) is 0 Å².